The standard InChI is InChI=1S/C25H26O3/c1-5-12-20-18-22(23(26)19-14-10-9-11-15-19)21(13-6-2)25(28-17-8-4)24(20)27-16-7-3/h5-11,14-15,18H,1-4,12-13,16-17H2. The van der Waals surface area contributed by atoms with Crippen molar-refractivity contribution in [2.45, 2.75) is 12.8 Å². The summed E-state index contributed by atoms with van der Waals surface area (Å²) in [5.74, 6) is 1.07. The molecular formula is C25H26O3. The van der Waals surface area contributed by atoms with Gasteiger partial charge in [0.15, 0.2) is 17.3 Å². The monoisotopic (exact) mass is 374 g/mol. The molecule has 0 spiro atoms. The number of carbonyl (C=O) groups is 1. The van der Waals surface area contributed by atoms with Crippen LogP contribution in [0.1, 0.15) is 27.0 Å². The predicted molar refractivity (Wildman–Crippen MR) is 116 cm³/mol. The van der Waals surface area contributed by atoms with Crippen molar-refractivity contribution in [2.75, 3.05) is 13.2 Å². The first-order valence-corrected chi connectivity index (χ1v) is 9.15. The van der Waals surface area contributed by atoms with E-state index in [0.717, 1.165) is 11.1 Å². The molecule has 0 unspecified atom stereocenters. The molecule has 0 N–H and O–H groups in total. The van der Waals surface area contributed by atoms with Gasteiger partial charge in [-0.05, 0) is 18.9 Å². The van der Waals surface area contributed by atoms with Crippen molar-refractivity contribution >= 4 is 5.78 Å². The van der Waals surface area contributed by atoms with Gasteiger partial charge in [0, 0.05) is 22.3 Å². The van der Waals surface area contributed by atoms with Crippen LogP contribution in [0.4, 0.5) is 0 Å². The summed E-state index contributed by atoms with van der Waals surface area (Å²) in [6, 6.07) is 11.1. The summed E-state index contributed by atoms with van der Waals surface area (Å²) in [6.45, 7) is 15.7. The number of ether oxygens (including phenoxy) is 2. The van der Waals surface area contributed by atoms with Gasteiger partial charge < -0.3 is 9.47 Å². The maximum Gasteiger partial charge on any atom is 0.193 e. The quantitative estimate of drug-likeness (QED) is 0.363. The summed E-state index contributed by atoms with van der Waals surface area (Å²) < 4.78 is 11.9. The number of hydrogen-bond acceptors (Lipinski definition) is 3. The van der Waals surface area contributed by atoms with Crippen molar-refractivity contribution in [1.29, 1.82) is 0 Å². The molecule has 3 heteroatoms. The first-order valence-electron chi connectivity index (χ1n) is 9.15. The molecule has 0 saturated heterocycles. The smallest absolute Gasteiger partial charge is 0.193 e. The van der Waals surface area contributed by atoms with Crippen LogP contribution in [0.15, 0.2) is 87.0 Å². The van der Waals surface area contributed by atoms with Gasteiger partial charge in [-0.3, -0.25) is 4.79 Å². The van der Waals surface area contributed by atoms with E-state index in [0.29, 0.717) is 48.7 Å². The van der Waals surface area contributed by atoms with E-state index in [1.807, 2.05) is 24.3 Å². The highest BCUT2D eigenvalue weighted by molar-refractivity contribution is 6.10. The summed E-state index contributed by atoms with van der Waals surface area (Å²) in [5, 5.41) is 0. The van der Waals surface area contributed by atoms with E-state index in [-0.39, 0.29) is 5.78 Å². The van der Waals surface area contributed by atoms with Gasteiger partial charge in [0.05, 0.1) is 0 Å². The molecule has 2 aromatic carbocycles. The summed E-state index contributed by atoms with van der Waals surface area (Å²) in [4.78, 5) is 13.3. The van der Waals surface area contributed by atoms with Crippen LogP contribution in [0.2, 0.25) is 0 Å². The predicted octanol–water partition coefficient (Wildman–Crippen LogP) is 5.50. The lowest BCUT2D eigenvalue weighted by Crippen LogP contribution is -2.12. The average Bonchev–Trinajstić information content (AvgIpc) is 2.72. The fourth-order valence-corrected chi connectivity index (χ4v) is 2.93. The lowest BCUT2D eigenvalue weighted by Gasteiger charge is -2.21. The summed E-state index contributed by atoms with van der Waals surface area (Å²) in [7, 11) is 0. The zero-order valence-electron chi connectivity index (χ0n) is 16.2. The van der Waals surface area contributed by atoms with Crippen molar-refractivity contribution in [1.82, 2.24) is 0 Å². The zero-order chi connectivity index (χ0) is 20.4. The minimum Gasteiger partial charge on any atom is -0.485 e. The van der Waals surface area contributed by atoms with E-state index in [2.05, 4.69) is 26.3 Å². The Hall–Kier alpha value is -3.33. The third-order valence-electron chi connectivity index (χ3n) is 4.10. The van der Waals surface area contributed by atoms with Gasteiger partial charge in [0.25, 0.3) is 0 Å². The molecule has 0 amide bonds. The van der Waals surface area contributed by atoms with Gasteiger partial charge in [-0.2, -0.15) is 0 Å². The molecule has 0 aromatic heterocycles. The van der Waals surface area contributed by atoms with Crippen LogP contribution in [-0.4, -0.2) is 19.0 Å². The zero-order valence-corrected chi connectivity index (χ0v) is 16.2. The molecule has 0 saturated carbocycles. The van der Waals surface area contributed by atoms with Gasteiger partial charge in [-0.15, -0.1) is 13.2 Å². The highest BCUT2D eigenvalue weighted by atomic mass is 16.5. The Bertz CT molecular complexity index is 863. The second-order valence-corrected chi connectivity index (χ2v) is 6.10. The van der Waals surface area contributed by atoms with E-state index < -0.39 is 0 Å². The maximum atomic E-state index is 13.3. The molecule has 0 heterocycles. The van der Waals surface area contributed by atoms with Crippen LogP contribution in [-0.2, 0) is 12.8 Å². The van der Waals surface area contributed by atoms with Crippen molar-refractivity contribution in [3.05, 3.63) is 109 Å². The van der Waals surface area contributed by atoms with E-state index in [1.165, 1.54) is 0 Å². The van der Waals surface area contributed by atoms with Gasteiger partial charge in [-0.1, -0.05) is 67.8 Å². The number of hydrogen-bond donors (Lipinski definition) is 0. The summed E-state index contributed by atoms with van der Waals surface area (Å²) >= 11 is 0. The molecule has 0 aliphatic rings. The molecular weight excluding hydrogens is 348 g/mol. The van der Waals surface area contributed by atoms with Crippen molar-refractivity contribution < 1.29 is 14.3 Å². The molecule has 0 fully saturated rings. The normalized spacial score (nSPS) is 10.0. The van der Waals surface area contributed by atoms with Crippen LogP contribution in [0.25, 0.3) is 0 Å². The number of carbonyl (C=O) groups excluding carboxylic acids is 1. The second-order valence-electron chi connectivity index (χ2n) is 6.10. The Labute approximate surface area is 167 Å². The molecule has 0 atom stereocenters. The van der Waals surface area contributed by atoms with Crippen molar-refractivity contribution in [2.24, 2.45) is 0 Å². The number of ketones is 1. The third-order valence-corrected chi connectivity index (χ3v) is 4.10. The van der Waals surface area contributed by atoms with Crippen LogP contribution < -0.4 is 9.47 Å². The van der Waals surface area contributed by atoms with E-state index >= 15 is 0 Å². The Balaban J connectivity index is 2.74. The van der Waals surface area contributed by atoms with Crippen LogP contribution in [0.3, 0.4) is 0 Å². The summed E-state index contributed by atoms with van der Waals surface area (Å²) in [6.07, 6.45) is 7.87. The number of rotatable bonds is 12. The third kappa shape index (κ3) is 4.89. The molecule has 3 nitrogen and oxygen atoms in total. The lowest BCUT2D eigenvalue weighted by molar-refractivity contribution is 0.103. The van der Waals surface area contributed by atoms with E-state index in [1.54, 1.807) is 36.4 Å². The van der Waals surface area contributed by atoms with Gasteiger partial charge >= 0.3 is 0 Å². The van der Waals surface area contributed by atoms with Gasteiger partial charge in [-0.25, -0.2) is 0 Å². The largest absolute Gasteiger partial charge is 0.485 e. The highest BCUT2D eigenvalue weighted by Crippen LogP contribution is 2.39. The minimum absolute atomic E-state index is 0.0681. The Morgan fingerprint density at radius 1 is 0.821 bits per heavy atom. The minimum atomic E-state index is -0.0681. The highest BCUT2D eigenvalue weighted by Gasteiger charge is 2.23. The summed E-state index contributed by atoms with van der Waals surface area (Å²) in [5.41, 5.74) is 2.78. The Morgan fingerprint density at radius 2 is 1.43 bits per heavy atom. The number of allylic oxidation sites excluding steroid dienone is 2. The van der Waals surface area contributed by atoms with Gasteiger partial charge in [0.2, 0.25) is 0 Å². The first kappa shape index (κ1) is 21.0. The fraction of sp³-hybridized carbons (Fsp3) is 0.160. The Morgan fingerprint density at radius 3 is 2.00 bits per heavy atom. The molecule has 144 valence electrons. The molecule has 0 aliphatic carbocycles. The molecule has 0 aliphatic heterocycles. The molecule has 0 radical (unpaired) electrons. The van der Waals surface area contributed by atoms with Crippen LogP contribution in [0, 0.1) is 0 Å². The second kappa shape index (κ2) is 10.7. The van der Waals surface area contributed by atoms with E-state index in [4.69, 9.17) is 9.47 Å². The molecule has 2 rings (SSSR count). The topological polar surface area (TPSA) is 35.5 Å². The van der Waals surface area contributed by atoms with Crippen LogP contribution in [0.5, 0.6) is 11.5 Å². The van der Waals surface area contributed by atoms with Crippen molar-refractivity contribution in [3.63, 3.8) is 0 Å². The molecule has 28 heavy (non-hydrogen) atoms. The molecule has 2 aromatic rings. The molecule has 0 bridgehead atoms. The Kier molecular flexibility index (Phi) is 8.04. The first-order chi connectivity index (χ1) is 13.7. The van der Waals surface area contributed by atoms with Gasteiger partial charge in [0.1, 0.15) is 13.2 Å². The van der Waals surface area contributed by atoms with Crippen LogP contribution >= 0.6 is 0 Å². The van der Waals surface area contributed by atoms with E-state index in [9.17, 15) is 4.79 Å². The maximum absolute atomic E-state index is 13.3. The van der Waals surface area contributed by atoms with Crippen molar-refractivity contribution in [3.8, 4) is 11.5 Å². The average molecular weight is 374 g/mol. The SMILES string of the molecule is C=CCOc1c(CC=C)cc(C(=O)c2ccccc2)c(CC=C)c1OCC=C. The lowest BCUT2D eigenvalue weighted by atomic mass is 9.92. The number of benzene rings is 2. The fourth-order valence-electron chi connectivity index (χ4n) is 2.93.